The summed E-state index contributed by atoms with van der Waals surface area (Å²) in [6.07, 6.45) is -1.04. The van der Waals surface area contributed by atoms with E-state index in [0.717, 1.165) is 0 Å². The maximum atomic E-state index is 10.4. The summed E-state index contributed by atoms with van der Waals surface area (Å²) in [4.78, 5) is 1.90. The van der Waals surface area contributed by atoms with Crippen molar-refractivity contribution in [3.8, 4) is 0 Å². The summed E-state index contributed by atoms with van der Waals surface area (Å²) in [5, 5.41) is 9.32. The van der Waals surface area contributed by atoms with Crippen molar-refractivity contribution in [2.24, 2.45) is 0 Å². The normalized spacial score (nSPS) is 19.4. The average molecular weight is 266 g/mol. The molecule has 1 aliphatic rings. The van der Waals surface area contributed by atoms with Crippen LogP contribution in [0.2, 0.25) is 0 Å². The minimum absolute atomic E-state index is 0. The van der Waals surface area contributed by atoms with Crippen LogP contribution in [0.5, 0.6) is 0 Å². The Labute approximate surface area is 117 Å². The van der Waals surface area contributed by atoms with Crippen LogP contribution < -0.4 is 0 Å². The average Bonchev–Trinajstić information content (AvgIpc) is 2.02. The summed E-state index contributed by atoms with van der Waals surface area (Å²) in [5.41, 5.74) is 0. The number of nitrogens with zero attached hydrogens (tertiary/aromatic N) is 1. The van der Waals surface area contributed by atoms with E-state index in [1.54, 1.807) is 0 Å². The van der Waals surface area contributed by atoms with Gasteiger partial charge in [0.1, 0.15) is 5.75 Å². The monoisotopic (exact) mass is 266 g/mol. The van der Waals surface area contributed by atoms with Gasteiger partial charge in [-0.3, -0.25) is 9.45 Å². The van der Waals surface area contributed by atoms with Gasteiger partial charge < -0.3 is 15.3 Å². The molecule has 9 heteroatoms. The van der Waals surface area contributed by atoms with Crippen LogP contribution in [0.3, 0.4) is 0 Å². The first-order valence-corrected chi connectivity index (χ1v) is 6.01. The van der Waals surface area contributed by atoms with E-state index < -0.39 is 22.0 Å². The number of rotatable bonds is 4. The summed E-state index contributed by atoms with van der Waals surface area (Å²) in [5.74, 6) is -0.607. The molecule has 1 atom stereocenters. The summed E-state index contributed by atoms with van der Waals surface area (Å²) in [6, 6.07) is 0. The zero-order valence-electron chi connectivity index (χ0n) is 9.29. The maximum Gasteiger partial charge on any atom is 0.267 e. The van der Waals surface area contributed by atoms with E-state index in [1.807, 2.05) is 4.90 Å². The zero-order chi connectivity index (χ0) is 10.6. The number of ether oxygens (including phenoxy) is 1. The van der Waals surface area contributed by atoms with Crippen molar-refractivity contribution in [2.45, 2.75) is 6.10 Å². The quantitative estimate of drug-likeness (QED) is 0.424. The van der Waals surface area contributed by atoms with Crippen molar-refractivity contribution < 1.29 is 28.3 Å². The van der Waals surface area contributed by atoms with Gasteiger partial charge in [-0.2, -0.15) is 8.42 Å². The van der Waals surface area contributed by atoms with Crippen LogP contribution in [-0.2, 0) is 14.9 Å². The smallest absolute Gasteiger partial charge is 0.267 e. The minimum Gasteiger partial charge on any atom is -0.412 e. The second-order valence-corrected chi connectivity index (χ2v) is 4.81. The van der Waals surface area contributed by atoms with Gasteiger partial charge in [0, 0.05) is 49.2 Å². The minimum atomic E-state index is -4.08. The maximum absolute atomic E-state index is 10.4. The van der Waals surface area contributed by atoms with Crippen molar-refractivity contribution in [1.82, 2.24) is 4.90 Å². The predicted molar refractivity (Wildman–Crippen MR) is 59.0 cm³/mol. The molecule has 1 saturated heterocycles. The Balaban J connectivity index is 0. The molecule has 1 radical (unpaired) electrons. The fraction of sp³-hybridized carbons (Fsp3) is 1.00. The molecule has 0 aromatic carbocycles. The number of morpholine rings is 1. The summed E-state index contributed by atoms with van der Waals surface area (Å²) in [7, 11) is -4.08. The van der Waals surface area contributed by atoms with Crippen LogP contribution in [0.15, 0.2) is 0 Å². The Kier molecular flexibility index (Phi) is 10.5. The zero-order valence-corrected chi connectivity index (χ0v) is 12.1. The number of β-amino-alcohol motifs (C(OH)–C–C–N with tert-alkyl or cyclic N) is 1. The molecule has 0 aliphatic carbocycles. The van der Waals surface area contributed by atoms with E-state index in [2.05, 4.69) is 0 Å². The summed E-state index contributed by atoms with van der Waals surface area (Å²) in [6.45, 7) is 2.81. The Morgan fingerprint density at radius 2 is 1.81 bits per heavy atom. The van der Waals surface area contributed by atoms with E-state index in [-0.39, 0.29) is 41.6 Å². The molecule has 0 aromatic heterocycles. The Bertz CT molecular complexity index is 266. The van der Waals surface area contributed by atoms with Gasteiger partial charge in [0.2, 0.25) is 0 Å². The Hall–Kier alpha value is 0.750. The number of hydrogen-bond donors (Lipinski definition) is 2. The molecule has 1 unspecified atom stereocenters. The van der Waals surface area contributed by atoms with Crippen molar-refractivity contribution in [3.63, 3.8) is 0 Å². The summed E-state index contributed by atoms with van der Waals surface area (Å²) >= 11 is 0. The van der Waals surface area contributed by atoms with Crippen LogP contribution in [0.25, 0.3) is 0 Å². The fourth-order valence-corrected chi connectivity index (χ4v) is 1.97. The van der Waals surface area contributed by atoms with Gasteiger partial charge >= 0.3 is 0 Å². The van der Waals surface area contributed by atoms with Crippen molar-refractivity contribution in [2.75, 3.05) is 38.6 Å². The molecule has 4 N–H and O–H groups in total. The second kappa shape index (κ2) is 8.78. The molecule has 0 amide bonds. The van der Waals surface area contributed by atoms with E-state index in [1.165, 1.54) is 0 Å². The number of hydrogen-bond acceptors (Lipinski definition) is 5. The molecule has 1 rings (SSSR count). The van der Waals surface area contributed by atoms with Gasteiger partial charge in [-0.1, -0.05) is 0 Å². The van der Waals surface area contributed by atoms with Crippen LogP contribution in [0, 0.1) is 0 Å². The first kappa shape index (κ1) is 19.1. The molecule has 1 aliphatic heterocycles. The molecular weight excluding hydrogens is 249 g/mol. The topological polar surface area (TPSA) is 119 Å². The largest absolute Gasteiger partial charge is 0.412 e. The van der Waals surface area contributed by atoms with Crippen molar-refractivity contribution in [1.29, 1.82) is 0 Å². The summed E-state index contributed by atoms with van der Waals surface area (Å²) < 4.78 is 34.4. The number of aliphatic hydroxyl groups excluding tert-OH is 1. The Morgan fingerprint density at radius 1 is 1.31 bits per heavy atom. The molecular formula is C7H17NNaO6S. The fourth-order valence-electron chi connectivity index (χ4n) is 1.38. The van der Waals surface area contributed by atoms with Gasteiger partial charge in [0.25, 0.3) is 10.1 Å². The van der Waals surface area contributed by atoms with Crippen LogP contribution in [-0.4, -0.2) is 103 Å². The van der Waals surface area contributed by atoms with E-state index in [0.29, 0.717) is 26.3 Å². The van der Waals surface area contributed by atoms with Gasteiger partial charge in [-0.15, -0.1) is 0 Å². The third kappa shape index (κ3) is 8.85. The van der Waals surface area contributed by atoms with Gasteiger partial charge in [0.15, 0.2) is 0 Å². The Morgan fingerprint density at radius 3 is 2.25 bits per heavy atom. The molecule has 0 spiro atoms. The van der Waals surface area contributed by atoms with E-state index in [9.17, 15) is 13.5 Å². The van der Waals surface area contributed by atoms with E-state index in [4.69, 9.17) is 9.29 Å². The molecule has 1 heterocycles. The van der Waals surface area contributed by atoms with Crippen molar-refractivity contribution in [3.05, 3.63) is 0 Å². The number of aliphatic hydroxyl groups is 1. The SMILES string of the molecule is O.O=S(=O)(O)CC(O)CN1CCOCC1.[Na]. The molecule has 0 aromatic rings. The van der Waals surface area contributed by atoms with Crippen LogP contribution in [0.1, 0.15) is 0 Å². The van der Waals surface area contributed by atoms with Crippen LogP contribution in [0.4, 0.5) is 0 Å². The molecule has 0 saturated carbocycles. The molecule has 16 heavy (non-hydrogen) atoms. The first-order valence-electron chi connectivity index (χ1n) is 4.41. The van der Waals surface area contributed by atoms with Crippen molar-refractivity contribution >= 4 is 39.7 Å². The van der Waals surface area contributed by atoms with Gasteiger partial charge in [0.05, 0.1) is 19.3 Å². The molecule has 93 valence electrons. The second-order valence-electron chi connectivity index (χ2n) is 3.32. The first-order chi connectivity index (χ1) is 6.47. The third-order valence-electron chi connectivity index (χ3n) is 1.98. The van der Waals surface area contributed by atoms with Gasteiger partial charge in [-0.05, 0) is 0 Å². The molecule has 1 fully saturated rings. The standard InChI is InChI=1S/C7H15NO5S.Na.H2O/c9-7(6-14(10,11)12)5-8-1-3-13-4-2-8;;/h7,9H,1-6H2,(H,10,11,12);;1H2. The third-order valence-corrected chi connectivity index (χ3v) is 2.78. The molecule has 7 nitrogen and oxygen atoms in total. The van der Waals surface area contributed by atoms with Crippen LogP contribution >= 0.6 is 0 Å². The van der Waals surface area contributed by atoms with Gasteiger partial charge in [-0.25, -0.2) is 0 Å². The predicted octanol–water partition coefficient (Wildman–Crippen LogP) is -2.64. The molecule has 0 bridgehead atoms. The van der Waals surface area contributed by atoms with E-state index >= 15 is 0 Å².